The van der Waals surface area contributed by atoms with E-state index < -0.39 is 0 Å². The summed E-state index contributed by atoms with van der Waals surface area (Å²) in [7, 11) is 0. The molecule has 0 atom stereocenters. The highest BCUT2D eigenvalue weighted by Gasteiger charge is 2.35. The van der Waals surface area contributed by atoms with E-state index in [-0.39, 0.29) is 11.4 Å². The first-order valence-corrected chi connectivity index (χ1v) is 8.18. The van der Waals surface area contributed by atoms with Crippen LogP contribution in [0.1, 0.15) is 78.1 Å². The van der Waals surface area contributed by atoms with Crippen LogP contribution in [0.3, 0.4) is 0 Å². The van der Waals surface area contributed by atoms with Crippen LogP contribution in [0.4, 0.5) is 0 Å². The van der Waals surface area contributed by atoms with Gasteiger partial charge in [-0.2, -0.15) is 0 Å². The Morgan fingerprint density at radius 2 is 1.58 bits per heavy atom. The van der Waals surface area contributed by atoms with Crippen molar-refractivity contribution in [3.8, 4) is 0 Å². The van der Waals surface area contributed by atoms with Crippen LogP contribution < -0.4 is 5.73 Å². The standard InChI is InChI=1S/C16H32N2O/c1-3-5-7-12-18(13-8-6-4-2)15(19)14-16(17)10-9-11-16/h3-14,17H2,1-2H3. The maximum absolute atomic E-state index is 12.4. The molecule has 3 heteroatoms. The van der Waals surface area contributed by atoms with Crippen molar-refractivity contribution in [1.29, 1.82) is 0 Å². The molecule has 0 unspecified atom stereocenters. The molecular formula is C16H32N2O. The SMILES string of the molecule is CCCCCN(CCCCC)C(=O)CC1(N)CCC1. The van der Waals surface area contributed by atoms with Crippen LogP contribution in [-0.4, -0.2) is 29.4 Å². The van der Waals surface area contributed by atoms with Gasteiger partial charge in [-0.1, -0.05) is 39.5 Å². The minimum absolute atomic E-state index is 0.176. The topological polar surface area (TPSA) is 46.3 Å². The summed E-state index contributed by atoms with van der Waals surface area (Å²) in [5.41, 5.74) is 6.03. The molecular weight excluding hydrogens is 236 g/mol. The monoisotopic (exact) mass is 268 g/mol. The first-order chi connectivity index (χ1) is 9.11. The van der Waals surface area contributed by atoms with Crippen molar-refractivity contribution in [3.63, 3.8) is 0 Å². The van der Waals surface area contributed by atoms with E-state index in [9.17, 15) is 4.79 Å². The smallest absolute Gasteiger partial charge is 0.224 e. The lowest BCUT2D eigenvalue weighted by Crippen LogP contribution is -2.50. The van der Waals surface area contributed by atoms with Gasteiger partial charge in [0.2, 0.25) is 5.91 Å². The molecule has 1 rings (SSSR count). The van der Waals surface area contributed by atoms with Crippen molar-refractivity contribution in [2.24, 2.45) is 5.73 Å². The van der Waals surface area contributed by atoms with Gasteiger partial charge in [0.15, 0.2) is 0 Å². The van der Waals surface area contributed by atoms with Gasteiger partial charge in [-0.25, -0.2) is 0 Å². The van der Waals surface area contributed by atoms with E-state index in [1.54, 1.807) is 0 Å². The van der Waals surface area contributed by atoms with Crippen LogP contribution >= 0.6 is 0 Å². The fourth-order valence-corrected chi connectivity index (χ4v) is 2.69. The van der Waals surface area contributed by atoms with Gasteiger partial charge >= 0.3 is 0 Å². The third-order valence-corrected chi connectivity index (χ3v) is 4.27. The molecule has 2 N–H and O–H groups in total. The predicted octanol–water partition coefficient (Wildman–Crippen LogP) is 3.47. The Morgan fingerprint density at radius 3 is 1.95 bits per heavy atom. The van der Waals surface area contributed by atoms with E-state index in [1.807, 2.05) is 0 Å². The van der Waals surface area contributed by atoms with E-state index in [0.717, 1.165) is 38.8 Å². The molecule has 0 saturated heterocycles. The number of hydrogen-bond acceptors (Lipinski definition) is 2. The molecule has 0 aliphatic heterocycles. The summed E-state index contributed by atoms with van der Waals surface area (Å²) in [6.07, 6.45) is 10.9. The second kappa shape index (κ2) is 8.57. The quantitative estimate of drug-likeness (QED) is 0.617. The number of rotatable bonds is 10. The van der Waals surface area contributed by atoms with Crippen LogP contribution in [0.5, 0.6) is 0 Å². The van der Waals surface area contributed by atoms with Gasteiger partial charge in [-0.3, -0.25) is 4.79 Å². The van der Waals surface area contributed by atoms with Gasteiger partial charge in [0.05, 0.1) is 0 Å². The summed E-state index contributed by atoms with van der Waals surface area (Å²) in [5.74, 6) is 0.286. The highest BCUT2D eigenvalue weighted by Crippen LogP contribution is 2.32. The second-order valence-corrected chi connectivity index (χ2v) is 6.19. The Balaban J connectivity index is 2.38. The van der Waals surface area contributed by atoms with Crippen molar-refractivity contribution >= 4 is 5.91 Å². The highest BCUT2D eigenvalue weighted by atomic mass is 16.2. The predicted molar refractivity (Wildman–Crippen MR) is 81.0 cm³/mol. The lowest BCUT2D eigenvalue weighted by Gasteiger charge is -2.39. The minimum Gasteiger partial charge on any atom is -0.343 e. The molecule has 0 aromatic rings. The van der Waals surface area contributed by atoms with E-state index >= 15 is 0 Å². The Hall–Kier alpha value is -0.570. The van der Waals surface area contributed by atoms with Crippen LogP contribution in [0.15, 0.2) is 0 Å². The third kappa shape index (κ3) is 5.94. The van der Waals surface area contributed by atoms with E-state index in [0.29, 0.717) is 6.42 Å². The molecule has 19 heavy (non-hydrogen) atoms. The van der Waals surface area contributed by atoms with Crippen molar-refractivity contribution in [2.45, 2.75) is 83.6 Å². The summed E-state index contributed by atoms with van der Waals surface area (Å²) >= 11 is 0. The summed E-state index contributed by atoms with van der Waals surface area (Å²) < 4.78 is 0. The van der Waals surface area contributed by atoms with Gasteiger partial charge in [0.25, 0.3) is 0 Å². The van der Waals surface area contributed by atoms with Gasteiger partial charge in [0.1, 0.15) is 0 Å². The molecule has 0 heterocycles. The number of unbranched alkanes of at least 4 members (excludes halogenated alkanes) is 4. The first-order valence-electron chi connectivity index (χ1n) is 8.18. The summed E-state index contributed by atoms with van der Waals surface area (Å²) in [6, 6.07) is 0. The summed E-state index contributed by atoms with van der Waals surface area (Å²) in [4.78, 5) is 14.5. The molecule has 0 radical (unpaired) electrons. The van der Waals surface area contributed by atoms with Crippen LogP contribution in [0, 0.1) is 0 Å². The Labute approximate surface area is 118 Å². The Kier molecular flexibility index (Phi) is 7.44. The fourth-order valence-electron chi connectivity index (χ4n) is 2.69. The molecule has 0 bridgehead atoms. The highest BCUT2D eigenvalue weighted by molar-refractivity contribution is 5.77. The number of carbonyl (C=O) groups is 1. The lowest BCUT2D eigenvalue weighted by molar-refractivity contribution is -0.133. The lowest BCUT2D eigenvalue weighted by atomic mass is 9.75. The first kappa shape index (κ1) is 16.5. The number of amides is 1. The maximum atomic E-state index is 12.4. The van der Waals surface area contributed by atoms with Crippen molar-refractivity contribution in [1.82, 2.24) is 4.90 Å². The normalized spacial score (nSPS) is 17.0. The second-order valence-electron chi connectivity index (χ2n) is 6.19. The molecule has 3 nitrogen and oxygen atoms in total. The summed E-state index contributed by atoms with van der Waals surface area (Å²) in [6.45, 7) is 6.25. The molecule has 112 valence electrons. The molecule has 1 amide bonds. The number of nitrogens with two attached hydrogens (primary N) is 1. The average molecular weight is 268 g/mol. The van der Waals surface area contributed by atoms with Gasteiger partial charge < -0.3 is 10.6 Å². The van der Waals surface area contributed by atoms with Gasteiger partial charge in [0, 0.05) is 25.0 Å². The fraction of sp³-hybridized carbons (Fsp3) is 0.938. The van der Waals surface area contributed by atoms with E-state index in [4.69, 9.17) is 5.73 Å². The minimum atomic E-state index is -0.176. The number of nitrogens with zero attached hydrogens (tertiary/aromatic N) is 1. The largest absolute Gasteiger partial charge is 0.343 e. The van der Waals surface area contributed by atoms with Gasteiger partial charge in [-0.05, 0) is 32.1 Å². The van der Waals surface area contributed by atoms with Crippen LogP contribution in [-0.2, 0) is 4.79 Å². The summed E-state index contributed by atoms with van der Waals surface area (Å²) in [5, 5.41) is 0. The van der Waals surface area contributed by atoms with E-state index in [2.05, 4.69) is 18.7 Å². The zero-order chi connectivity index (χ0) is 14.1. The number of carbonyl (C=O) groups excluding carboxylic acids is 1. The van der Waals surface area contributed by atoms with Gasteiger partial charge in [-0.15, -0.1) is 0 Å². The number of hydrogen-bond donors (Lipinski definition) is 1. The Bertz CT molecular complexity index is 251. The molecule has 1 aliphatic carbocycles. The molecule has 1 fully saturated rings. The van der Waals surface area contributed by atoms with Crippen molar-refractivity contribution in [2.75, 3.05) is 13.1 Å². The Morgan fingerprint density at radius 1 is 1.05 bits per heavy atom. The average Bonchev–Trinajstić information content (AvgIpc) is 2.35. The zero-order valence-electron chi connectivity index (χ0n) is 12.9. The molecule has 1 saturated carbocycles. The van der Waals surface area contributed by atoms with E-state index in [1.165, 1.54) is 32.1 Å². The molecule has 0 aromatic heterocycles. The molecule has 0 spiro atoms. The third-order valence-electron chi connectivity index (χ3n) is 4.27. The molecule has 1 aliphatic rings. The maximum Gasteiger partial charge on any atom is 0.224 e. The van der Waals surface area contributed by atoms with Crippen LogP contribution in [0.25, 0.3) is 0 Å². The molecule has 0 aromatic carbocycles. The van der Waals surface area contributed by atoms with Crippen LogP contribution in [0.2, 0.25) is 0 Å². The van der Waals surface area contributed by atoms with Crippen molar-refractivity contribution in [3.05, 3.63) is 0 Å². The van der Waals surface area contributed by atoms with Crippen molar-refractivity contribution < 1.29 is 4.79 Å². The zero-order valence-corrected chi connectivity index (χ0v) is 12.9.